The quantitative estimate of drug-likeness (QED) is 0.906. The summed E-state index contributed by atoms with van der Waals surface area (Å²) in [6.45, 7) is 10.9. The van der Waals surface area contributed by atoms with Crippen LogP contribution in [0.25, 0.3) is 5.82 Å². The summed E-state index contributed by atoms with van der Waals surface area (Å²) in [6.07, 6.45) is 1.85. The van der Waals surface area contributed by atoms with Crippen LogP contribution in [0.2, 0.25) is 0 Å². The lowest BCUT2D eigenvalue weighted by atomic mass is 10.3. The third-order valence-electron chi connectivity index (χ3n) is 3.10. The van der Waals surface area contributed by atoms with E-state index in [0.717, 1.165) is 54.1 Å². The van der Waals surface area contributed by atoms with E-state index >= 15 is 0 Å². The Morgan fingerprint density at radius 1 is 1.05 bits per heavy atom. The summed E-state index contributed by atoms with van der Waals surface area (Å²) in [4.78, 5) is 13.5. The molecule has 2 aromatic rings. The molecule has 0 spiro atoms. The number of nitrogens with one attached hydrogen (secondary N) is 1. The van der Waals surface area contributed by atoms with Gasteiger partial charge in [-0.05, 0) is 27.2 Å². The molecule has 0 saturated heterocycles. The predicted molar refractivity (Wildman–Crippen MR) is 79.3 cm³/mol. The van der Waals surface area contributed by atoms with E-state index in [1.807, 2.05) is 20.8 Å². The Bertz CT molecular complexity index is 602. The first-order valence-corrected chi connectivity index (χ1v) is 7.08. The maximum absolute atomic E-state index is 4.61. The van der Waals surface area contributed by atoms with Gasteiger partial charge in [0.25, 0.3) is 0 Å². The molecule has 2 rings (SSSR count). The van der Waals surface area contributed by atoms with Gasteiger partial charge in [0.15, 0.2) is 5.82 Å². The van der Waals surface area contributed by atoms with Gasteiger partial charge in [0.1, 0.15) is 23.3 Å². The molecule has 2 aromatic heterocycles. The monoisotopic (exact) mass is 274 g/mol. The van der Waals surface area contributed by atoms with Crippen molar-refractivity contribution in [3.63, 3.8) is 0 Å². The van der Waals surface area contributed by atoms with Crippen LogP contribution in [0, 0.1) is 20.8 Å². The van der Waals surface area contributed by atoms with Gasteiger partial charge >= 0.3 is 0 Å². The Morgan fingerprint density at radius 3 is 2.35 bits per heavy atom. The average molecular weight is 274 g/mol. The Morgan fingerprint density at radius 2 is 1.80 bits per heavy atom. The maximum atomic E-state index is 4.61. The molecule has 0 radical (unpaired) electrons. The molecule has 0 atom stereocenters. The van der Waals surface area contributed by atoms with E-state index in [9.17, 15) is 0 Å². The molecule has 6 heteroatoms. The Hall–Kier alpha value is -1.98. The van der Waals surface area contributed by atoms with Gasteiger partial charge in [-0.1, -0.05) is 13.8 Å². The number of hydrogen-bond donors (Lipinski definition) is 1. The van der Waals surface area contributed by atoms with Crippen molar-refractivity contribution in [2.75, 3.05) is 11.9 Å². The van der Waals surface area contributed by atoms with Crippen molar-refractivity contribution < 1.29 is 0 Å². The maximum Gasteiger partial charge on any atom is 0.164 e. The van der Waals surface area contributed by atoms with Gasteiger partial charge in [-0.2, -0.15) is 4.68 Å². The fraction of sp³-hybridized carbons (Fsp3) is 0.571. The van der Waals surface area contributed by atoms with E-state index in [-0.39, 0.29) is 0 Å². The SMILES string of the molecule is CCCNc1nc(CC)nc(-n2nc(C)nc2C)c1C. The zero-order valence-electron chi connectivity index (χ0n) is 12.9. The van der Waals surface area contributed by atoms with Crippen LogP contribution in [0.1, 0.15) is 43.3 Å². The smallest absolute Gasteiger partial charge is 0.164 e. The summed E-state index contributed by atoms with van der Waals surface area (Å²) in [5, 5.41) is 7.79. The van der Waals surface area contributed by atoms with Crippen LogP contribution in [0.3, 0.4) is 0 Å². The molecular formula is C14H22N6. The zero-order chi connectivity index (χ0) is 14.7. The first-order valence-electron chi connectivity index (χ1n) is 7.08. The van der Waals surface area contributed by atoms with Crippen molar-refractivity contribution in [1.29, 1.82) is 0 Å². The molecule has 0 bridgehead atoms. The van der Waals surface area contributed by atoms with Crippen LogP contribution in [0.5, 0.6) is 0 Å². The number of aryl methyl sites for hydroxylation is 3. The second kappa shape index (κ2) is 5.98. The molecule has 0 aliphatic heterocycles. The van der Waals surface area contributed by atoms with E-state index in [2.05, 4.69) is 39.2 Å². The van der Waals surface area contributed by atoms with Crippen LogP contribution in [-0.4, -0.2) is 31.3 Å². The molecular weight excluding hydrogens is 252 g/mol. The fourth-order valence-electron chi connectivity index (χ4n) is 2.05. The normalized spacial score (nSPS) is 10.8. The van der Waals surface area contributed by atoms with E-state index in [1.54, 1.807) is 4.68 Å². The average Bonchev–Trinajstić information content (AvgIpc) is 2.76. The van der Waals surface area contributed by atoms with E-state index in [4.69, 9.17) is 0 Å². The summed E-state index contributed by atoms with van der Waals surface area (Å²) in [6, 6.07) is 0. The Balaban J connectivity index is 2.54. The van der Waals surface area contributed by atoms with Gasteiger partial charge < -0.3 is 5.32 Å². The second-order valence-corrected chi connectivity index (χ2v) is 4.84. The van der Waals surface area contributed by atoms with Crippen molar-refractivity contribution in [2.24, 2.45) is 0 Å². The highest BCUT2D eigenvalue weighted by Gasteiger charge is 2.15. The fourth-order valence-corrected chi connectivity index (χ4v) is 2.05. The van der Waals surface area contributed by atoms with Crippen LogP contribution in [0.4, 0.5) is 5.82 Å². The van der Waals surface area contributed by atoms with E-state index in [1.165, 1.54) is 0 Å². The molecule has 0 unspecified atom stereocenters. The first kappa shape index (κ1) is 14.4. The molecule has 2 heterocycles. The third kappa shape index (κ3) is 2.79. The minimum atomic E-state index is 0.752. The summed E-state index contributed by atoms with van der Waals surface area (Å²) in [5.74, 6) is 4.11. The number of rotatable bonds is 5. The van der Waals surface area contributed by atoms with Crippen LogP contribution >= 0.6 is 0 Å². The summed E-state index contributed by atoms with van der Waals surface area (Å²) < 4.78 is 1.79. The van der Waals surface area contributed by atoms with Gasteiger partial charge in [-0.25, -0.2) is 15.0 Å². The molecule has 0 saturated carbocycles. The molecule has 108 valence electrons. The number of anilines is 1. The van der Waals surface area contributed by atoms with Gasteiger partial charge in [-0.3, -0.25) is 0 Å². The highest BCUT2D eigenvalue weighted by Crippen LogP contribution is 2.20. The molecule has 0 fully saturated rings. The Labute approximate surface area is 119 Å². The largest absolute Gasteiger partial charge is 0.370 e. The van der Waals surface area contributed by atoms with Crippen molar-refractivity contribution in [1.82, 2.24) is 24.7 Å². The van der Waals surface area contributed by atoms with Crippen LogP contribution in [0.15, 0.2) is 0 Å². The summed E-state index contributed by atoms with van der Waals surface area (Å²) in [7, 11) is 0. The summed E-state index contributed by atoms with van der Waals surface area (Å²) in [5.41, 5.74) is 1.00. The minimum absolute atomic E-state index is 0.752. The van der Waals surface area contributed by atoms with Crippen LogP contribution < -0.4 is 5.32 Å². The minimum Gasteiger partial charge on any atom is -0.370 e. The lowest BCUT2D eigenvalue weighted by Crippen LogP contribution is -2.13. The second-order valence-electron chi connectivity index (χ2n) is 4.84. The highest BCUT2D eigenvalue weighted by atomic mass is 15.4. The number of aromatic nitrogens is 5. The van der Waals surface area contributed by atoms with Crippen molar-refractivity contribution >= 4 is 5.82 Å². The lowest BCUT2D eigenvalue weighted by molar-refractivity contribution is 0.771. The van der Waals surface area contributed by atoms with Crippen molar-refractivity contribution in [2.45, 2.75) is 47.5 Å². The predicted octanol–water partition coefficient (Wildman–Crippen LogP) is 2.37. The lowest BCUT2D eigenvalue weighted by Gasteiger charge is -2.13. The zero-order valence-corrected chi connectivity index (χ0v) is 12.9. The van der Waals surface area contributed by atoms with Gasteiger partial charge in [0, 0.05) is 18.5 Å². The molecule has 20 heavy (non-hydrogen) atoms. The van der Waals surface area contributed by atoms with Gasteiger partial charge in [0.2, 0.25) is 0 Å². The molecule has 0 aliphatic rings. The Kier molecular flexibility index (Phi) is 4.32. The van der Waals surface area contributed by atoms with E-state index < -0.39 is 0 Å². The number of nitrogens with zero attached hydrogens (tertiary/aromatic N) is 5. The number of hydrogen-bond acceptors (Lipinski definition) is 5. The molecule has 0 aromatic carbocycles. The van der Waals surface area contributed by atoms with Crippen LogP contribution in [-0.2, 0) is 6.42 Å². The highest BCUT2D eigenvalue weighted by molar-refractivity contribution is 5.51. The molecule has 0 aliphatic carbocycles. The third-order valence-corrected chi connectivity index (χ3v) is 3.10. The van der Waals surface area contributed by atoms with Crippen molar-refractivity contribution in [3.8, 4) is 5.82 Å². The molecule has 1 N–H and O–H groups in total. The van der Waals surface area contributed by atoms with E-state index in [0.29, 0.717) is 0 Å². The molecule has 0 amide bonds. The van der Waals surface area contributed by atoms with Gasteiger partial charge in [-0.15, -0.1) is 5.10 Å². The first-order chi connectivity index (χ1) is 9.56. The van der Waals surface area contributed by atoms with Gasteiger partial charge in [0.05, 0.1) is 0 Å². The molecule has 6 nitrogen and oxygen atoms in total. The standard InChI is InChI=1S/C14H22N6/c1-6-8-15-13-9(3)14(18-12(7-2)17-13)20-11(5)16-10(4)19-20/h6-8H2,1-5H3,(H,15,17,18). The summed E-state index contributed by atoms with van der Waals surface area (Å²) >= 11 is 0. The topological polar surface area (TPSA) is 68.5 Å². The van der Waals surface area contributed by atoms with Crippen molar-refractivity contribution in [3.05, 3.63) is 23.0 Å².